The molecule has 0 bridgehead atoms. The predicted molar refractivity (Wildman–Crippen MR) is 38.3 cm³/mol. The van der Waals surface area contributed by atoms with Crippen LogP contribution in [-0.2, 0) is 31.3 Å². The summed E-state index contributed by atoms with van der Waals surface area (Å²) in [5.74, 6) is -3.65. The van der Waals surface area contributed by atoms with Gasteiger partial charge in [0.05, 0.1) is 0 Å². The molecule has 0 atom stereocenters. The van der Waals surface area contributed by atoms with E-state index in [0.29, 0.717) is 0 Å². The molecule has 0 aromatic carbocycles. The summed E-state index contributed by atoms with van der Waals surface area (Å²) in [6.07, 6.45) is 0. The van der Waals surface area contributed by atoms with Crippen LogP contribution in [0.5, 0.6) is 0 Å². The Bertz CT molecular complexity index is 83.1. The third kappa shape index (κ3) is 43.7. The van der Waals surface area contributed by atoms with Crippen LogP contribution in [0.1, 0.15) is 0 Å². The van der Waals surface area contributed by atoms with Crippen molar-refractivity contribution in [1.82, 2.24) is 0 Å². The smallest absolute Gasteiger partial charge is 0 e. The Kier molecular flexibility index (Phi) is 127. The summed E-state index contributed by atoms with van der Waals surface area (Å²) in [6.45, 7) is 0. The number of hydrogen-bond acceptors (Lipinski definition) is 2. The monoisotopic (exact) mass is 350 g/mol. The van der Waals surface area contributed by atoms with E-state index in [1.54, 1.807) is 0 Å². The predicted octanol–water partition coefficient (Wildman–Crippen LogP) is -5.06. The molecule has 0 fully saturated rings. The van der Waals surface area contributed by atoms with Gasteiger partial charge >= 0.3 is 60.8 Å². The third-order valence-corrected chi connectivity index (χ3v) is 0.183. The fraction of sp³-hybridized carbons (Fsp3) is 0. The van der Waals surface area contributed by atoms with Gasteiger partial charge in [0.2, 0.25) is 0 Å². The van der Waals surface area contributed by atoms with Gasteiger partial charge in [0.1, 0.15) is 0 Å². The number of hydrogen-bond donors (Lipinski definition) is 2. The van der Waals surface area contributed by atoms with Crippen LogP contribution >= 0.6 is 0 Å². The Morgan fingerprint density at radius 2 is 0.833 bits per heavy atom. The second-order valence-corrected chi connectivity index (χ2v) is 0.610. The van der Waals surface area contributed by atoms with Crippen LogP contribution in [0.2, 0.25) is 0 Å². The van der Waals surface area contributed by atoms with Crippen LogP contribution in [0.15, 0.2) is 0 Å². The molecule has 10 heteroatoms. The topological polar surface area (TPSA) is 201 Å². The molecule has 0 rings (SSSR count). The SMILES string of the molecule is O.O.O.O.O=C(O)C(=O)O.[BaH2].[Ti]. The van der Waals surface area contributed by atoms with Crippen LogP contribution in [0.25, 0.3) is 0 Å². The molecule has 12 heavy (non-hydrogen) atoms. The third-order valence-electron chi connectivity index (χ3n) is 0.183. The second kappa shape index (κ2) is 29.6. The fourth-order valence-electron chi connectivity index (χ4n) is 0. The van der Waals surface area contributed by atoms with Crippen LogP contribution in [0.3, 0.4) is 0 Å². The Balaban J connectivity index is -0.00000000833. The summed E-state index contributed by atoms with van der Waals surface area (Å²) in [4.78, 5) is 18.2. The standard InChI is InChI=1S/C2H2O4.Ba.4H2O.Ti.2H/c3-1(4)2(5)6;;;;;;;;/h(H,3,4)(H,5,6);;4*1H2;;;. The zero-order valence-corrected chi connectivity index (χ0v) is 6.77. The van der Waals surface area contributed by atoms with E-state index in [-0.39, 0.29) is 92.5 Å². The quantitative estimate of drug-likeness (QED) is 0.325. The number of carbonyl (C=O) groups is 2. The Labute approximate surface area is 123 Å². The van der Waals surface area contributed by atoms with Crippen molar-refractivity contribution in [2.24, 2.45) is 0 Å². The molecule has 0 unspecified atom stereocenters. The zero-order valence-electron chi connectivity index (χ0n) is 5.21. The van der Waals surface area contributed by atoms with Gasteiger partial charge in [-0.3, -0.25) is 0 Å². The molecule has 0 spiro atoms. The molecule has 74 valence electrons. The van der Waals surface area contributed by atoms with Gasteiger partial charge in [-0.1, -0.05) is 0 Å². The van der Waals surface area contributed by atoms with Crippen molar-refractivity contribution in [1.29, 1.82) is 0 Å². The average Bonchev–Trinajstić information content (AvgIpc) is 1.36. The minimum absolute atomic E-state index is 0. The summed E-state index contributed by atoms with van der Waals surface area (Å²) in [7, 11) is 0. The zero-order chi connectivity index (χ0) is 5.15. The molecular weight excluding hydrogens is 337 g/mol. The van der Waals surface area contributed by atoms with Crippen molar-refractivity contribution in [2.45, 2.75) is 0 Å². The molecule has 10 N–H and O–H groups in total. The molecule has 8 nitrogen and oxygen atoms in total. The summed E-state index contributed by atoms with van der Waals surface area (Å²) < 4.78 is 0. The largest absolute Gasteiger partial charge is 0 e. The van der Waals surface area contributed by atoms with E-state index >= 15 is 0 Å². The van der Waals surface area contributed by atoms with Crippen molar-refractivity contribution >= 4 is 60.8 Å². The van der Waals surface area contributed by atoms with Crippen molar-refractivity contribution in [2.75, 3.05) is 0 Å². The van der Waals surface area contributed by atoms with E-state index in [1.165, 1.54) is 0 Å². The summed E-state index contributed by atoms with van der Waals surface area (Å²) in [6, 6.07) is 0. The van der Waals surface area contributed by atoms with Crippen LogP contribution in [0, 0.1) is 0 Å². The average molecular weight is 349 g/mol. The molecule has 0 aliphatic heterocycles. The van der Waals surface area contributed by atoms with E-state index in [2.05, 4.69) is 0 Å². The van der Waals surface area contributed by atoms with Gasteiger partial charge in [0.25, 0.3) is 0 Å². The summed E-state index contributed by atoms with van der Waals surface area (Å²) in [5, 5.41) is 14.8. The Morgan fingerprint density at radius 3 is 0.833 bits per heavy atom. The first kappa shape index (κ1) is 51.7. The van der Waals surface area contributed by atoms with Gasteiger partial charge in [-0.25, -0.2) is 9.59 Å². The minimum atomic E-state index is -1.82. The summed E-state index contributed by atoms with van der Waals surface area (Å²) in [5.41, 5.74) is 0. The van der Waals surface area contributed by atoms with Crippen LogP contribution in [0.4, 0.5) is 0 Å². The fourth-order valence-corrected chi connectivity index (χ4v) is 0. The van der Waals surface area contributed by atoms with Gasteiger partial charge in [-0.2, -0.15) is 0 Å². The molecule has 0 amide bonds. The Morgan fingerprint density at radius 1 is 0.750 bits per heavy atom. The van der Waals surface area contributed by atoms with Crippen molar-refractivity contribution in [3.8, 4) is 0 Å². The number of aliphatic carboxylic acids is 2. The van der Waals surface area contributed by atoms with Crippen LogP contribution in [-0.4, -0.2) is 92.9 Å². The molecule has 0 saturated heterocycles. The van der Waals surface area contributed by atoms with E-state index in [0.717, 1.165) is 0 Å². The maximum absolute atomic E-state index is 9.10. The van der Waals surface area contributed by atoms with Crippen molar-refractivity contribution < 1.29 is 63.4 Å². The van der Waals surface area contributed by atoms with E-state index in [4.69, 9.17) is 19.8 Å². The first-order valence-corrected chi connectivity index (χ1v) is 1.11. The number of carboxylic acid groups (broad SMARTS) is 2. The molecule has 0 radical (unpaired) electrons. The second-order valence-electron chi connectivity index (χ2n) is 0.610. The van der Waals surface area contributed by atoms with Gasteiger partial charge in [0.15, 0.2) is 0 Å². The van der Waals surface area contributed by atoms with Gasteiger partial charge in [0, 0.05) is 21.7 Å². The maximum Gasteiger partial charge on any atom is 0 e. The molecule has 0 heterocycles. The van der Waals surface area contributed by atoms with E-state index in [9.17, 15) is 0 Å². The normalized spacial score (nSPS) is 3.67. The van der Waals surface area contributed by atoms with E-state index in [1.807, 2.05) is 0 Å². The molecule has 0 aromatic heterocycles. The molecule has 0 aromatic rings. The maximum atomic E-state index is 9.10. The first-order valence-electron chi connectivity index (χ1n) is 1.11. The molecular formula is C2H12BaO8Ti. The first-order chi connectivity index (χ1) is 2.64. The molecule has 0 aliphatic carbocycles. The van der Waals surface area contributed by atoms with Crippen LogP contribution < -0.4 is 0 Å². The Hall–Kier alpha value is 1.07. The number of carboxylic acids is 2. The van der Waals surface area contributed by atoms with E-state index < -0.39 is 11.9 Å². The molecule has 0 saturated carbocycles. The van der Waals surface area contributed by atoms with Gasteiger partial charge in [-0.15, -0.1) is 0 Å². The van der Waals surface area contributed by atoms with Gasteiger partial charge in [-0.05, 0) is 0 Å². The minimum Gasteiger partial charge on any atom is 0 e. The number of rotatable bonds is 0. The van der Waals surface area contributed by atoms with Gasteiger partial charge < -0.3 is 32.1 Å². The summed E-state index contributed by atoms with van der Waals surface area (Å²) >= 11 is 0. The van der Waals surface area contributed by atoms with Crippen molar-refractivity contribution in [3.05, 3.63) is 0 Å². The molecule has 0 aliphatic rings. The van der Waals surface area contributed by atoms with Crippen molar-refractivity contribution in [3.63, 3.8) is 0 Å².